The molecule has 2 N–H and O–H groups in total. The first-order valence-corrected chi connectivity index (χ1v) is 8.47. The Labute approximate surface area is 144 Å². The first-order valence-electron chi connectivity index (χ1n) is 8.09. The Balaban J connectivity index is 1.76. The van der Waals surface area contributed by atoms with Gasteiger partial charge < -0.3 is 14.8 Å². The Morgan fingerprint density at radius 1 is 1.29 bits per heavy atom. The first-order chi connectivity index (χ1) is 11.6. The van der Waals surface area contributed by atoms with Gasteiger partial charge in [0.05, 0.1) is 5.69 Å². The quantitative estimate of drug-likeness (QED) is 0.735. The number of phenols is 1. The highest BCUT2D eigenvalue weighted by atomic mass is 35.5. The molecule has 0 spiro atoms. The highest BCUT2D eigenvalue weighted by Crippen LogP contribution is 2.35. The maximum absolute atomic E-state index is 10.2. The van der Waals surface area contributed by atoms with Crippen LogP contribution in [0.15, 0.2) is 28.7 Å². The summed E-state index contributed by atoms with van der Waals surface area (Å²) in [6, 6.07) is 7.03. The summed E-state index contributed by atoms with van der Waals surface area (Å²) in [6.45, 7) is 3.83. The van der Waals surface area contributed by atoms with Crippen molar-refractivity contribution in [1.29, 1.82) is 0 Å². The van der Waals surface area contributed by atoms with E-state index in [0.29, 0.717) is 33.4 Å². The number of hydrogen-bond acceptors (Lipinski definition) is 5. The number of phenolic OH excluding ortho intramolecular Hbond substituents is 1. The van der Waals surface area contributed by atoms with Crippen LogP contribution in [0.5, 0.6) is 5.75 Å². The van der Waals surface area contributed by atoms with Crippen molar-refractivity contribution in [2.75, 3.05) is 13.1 Å². The summed E-state index contributed by atoms with van der Waals surface area (Å²) in [7, 11) is 0. The topological polar surface area (TPSA) is 71.2 Å². The smallest absolute Gasteiger partial charge is 0.201 e. The molecule has 5 nitrogen and oxygen atoms in total. The van der Waals surface area contributed by atoms with Crippen molar-refractivity contribution in [2.24, 2.45) is 0 Å². The van der Waals surface area contributed by atoms with Crippen LogP contribution in [0.25, 0.3) is 22.5 Å². The highest BCUT2D eigenvalue weighted by Gasteiger charge is 2.21. The van der Waals surface area contributed by atoms with Crippen LogP contribution in [-0.4, -0.2) is 28.2 Å². The molecule has 3 aromatic rings. The lowest BCUT2D eigenvalue weighted by atomic mass is 10.00. The van der Waals surface area contributed by atoms with E-state index in [1.54, 1.807) is 0 Å². The van der Waals surface area contributed by atoms with E-state index in [0.717, 1.165) is 37.4 Å². The molecule has 0 radical (unpaired) electrons. The van der Waals surface area contributed by atoms with E-state index in [1.165, 1.54) is 6.07 Å². The van der Waals surface area contributed by atoms with Crippen molar-refractivity contribution in [3.05, 3.63) is 40.7 Å². The predicted octanol–water partition coefficient (Wildman–Crippen LogP) is 4.02. The number of benzene rings is 1. The summed E-state index contributed by atoms with van der Waals surface area (Å²) in [5.41, 5.74) is 3.44. The average Bonchev–Trinajstić information content (AvgIpc) is 2.98. The lowest BCUT2D eigenvalue weighted by Gasteiger charge is -2.19. The second-order valence-electron chi connectivity index (χ2n) is 6.23. The van der Waals surface area contributed by atoms with E-state index in [4.69, 9.17) is 16.0 Å². The fourth-order valence-electron chi connectivity index (χ4n) is 3.27. The zero-order chi connectivity index (χ0) is 16.7. The van der Waals surface area contributed by atoms with Gasteiger partial charge in [0, 0.05) is 23.0 Å². The Bertz CT molecular complexity index is 877. The molecule has 0 aliphatic carbocycles. The second kappa shape index (κ2) is 6.07. The van der Waals surface area contributed by atoms with Crippen molar-refractivity contribution in [2.45, 2.75) is 25.7 Å². The molecule has 1 atom stereocenters. The molecule has 1 saturated heterocycles. The largest absolute Gasteiger partial charge is 0.507 e. The van der Waals surface area contributed by atoms with Gasteiger partial charge in [0.15, 0.2) is 11.2 Å². The van der Waals surface area contributed by atoms with Crippen molar-refractivity contribution in [1.82, 2.24) is 15.3 Å². The summed E-state index contributed by atoms with van der Waals surface area (Å²) in [4.78, 5) is 9.16. The van der Waals surface area contributed by atoms with Crippen LogP contribution in [-0.2, 0) is 0 Å². The van der Waals surface area contributed by atoms with Gasteiger partial charge in [0.2, 0.25) is 5.89 Å². The Morgan fingerprint density at radius 2 is 2.17 bits per heavy atom. The third kappa shape index (κ3) is 2.74. The molecule has 0 amide bonds. The number of nitrogens with zero attached hydrogens (tertiary/aromatic N) is 2. The highest BCUT2D eigenvalue weighted by molar-refractivity contribution is 6.31. The molecule has 3 heterocycles. The zero-order valence-corrected chi connectivity index (χ0v) is 14.1. The van der Waals surface area contributed by atoms with E-state index < -0.39 is 0 Å². The predicted molar refractivity (Wildman–Crippen MR) is 93.5 cm³/mol. The van der Waals surface area contributed by atoms with Gasteiger partial charge in [-0.2, -0.15) is 4.98 Å². The molecule has 6 heteroatoms. The SMILES string of the molecule is Cc1cc(Cl)cc(O)c1-c1ccc2oc([C@@H]3CCCNC3)nc2n1. The minimum Gasteiger partial charge on any atom is -0.507 e. The number of aromatic hydroxyl groups is 1. The fraction of sp³-hybridized carbons (Fsp3) is 0.333. The fourth-order valence-corrected chi connectivity index (χ4v) is 3.54. The van der Waals surface area contributed by atoms with Crippen molar-refractivity contribution < 1.29 is 9.52 Å². The number of hydrogen-bond donors (Lipinski definition) is 2. The molecule has 4 rings (SSSR count). The molecule has 0 saturated carbocycles. The summed E-state index contributed by atoms with van der Waals surface area (Å²) in [5.74, 6) is 1.15. The number of aryl methyl sites for hydroxylation is 1. The van der Waals surface area contributed by atoms with Gasteiger partial charge in [-0.05, 0) is 56.1 Å². The molecular formula is C18H18ClN3O2. The minimum absolute atomic E-state index is 0.118. The summed E-state index contributed by atoms with van der Waals surface area (Å²) >= 11 is 5.98. The summed E-state index contributed by atoms with van der Waals surface area (Å²) < 4.78 is 5.88. The monoisotopic (exact) mass is 343 g/mol. The molecule has 1 aliphatic rings. The summed E-state index contributed by atoms with van der Waals surface area (Å²) in [5, 5.41) is 14.1. The van der Waals surface area contributed by atoms with E-state index in [9.17, 15) is 5.11 Å². The number of rotatable bonds is 2. The maximum atomic E-state index is 10.2. The van der Waals surface area contributed by atoms with Crippen LogP contribution in [0.3, 0.4) is 0 Å². The lowest BCUT2D eigenvalue weighted by Crippen LogP contribution is -2.28. The standard InChI is InChI=1S/C18H18ClN3O2/c1-10-7-12(19)8-14(23)16(10)13-4-5-15-17(21-13)22-18(24-15)11-3-2-6-20-9-11/h4-5,7-8,11,20,23H,2-3,6,9H2,1H3/t11-/m1/s1. The number of halogens is 1. The van der Waals surface area contributed by atoms with Crippen LogP contribution >= 0.6 is 11.6 Å². The van der Waals surface area contributed by atoms with Crippen molar-refractivity contribution >= 4 is 22.8 Å². The van der Waals surface area contributed by atoms with E-state index in [1.807, 2.05) is 25.1 Å². The van der Waals surface area contributed by atoms with Gasteiger partial charge in [-0.3, -0.25) is 0 Å². The van der Waals surface area contributed by atoms with E-state index >= 15 is 0 Å². The average molecular weight is 344 g/mol. The maximum Gasteiger partial charge on any atom is 0.201 e. The molecule has 1 aliphatic heterocycles. The minimum atomic E-state index is 0.118. The normalized spacial score (nSPS) is 18.2. The number of oxazole rings is 1. The number of piperidine rings is 1. The molecular weight excluding hydrogens is 326 g/mol. The number of pyridine rings is 1. The van der Waals surface area contributed by atoms with Crippen LogP contribution in [0.2, 0.25) is 5.02 Å². The summed E-state index contributed by atoms with van der Waals surface area (Å²) in [6.07, 6.45) is 2.20. The number of nitrogens with one attached hydrogen (secondary N) is 1. The second-order valence-corrected chi connectivity index (χ2v) is 6.67. The zero-order valence-electron chi connectivity index (χ0n) is 13.3. The van der Waals surface area contributed by atoms with Crippen molar-refractivity contribution in [3.63, 3.8) is 0 Å². The van der Waals surface area contributed by atoms with Gasteiger partial charge in [-0.25, -0.2) is 4.98 Å². The molecule has 1 aromatic carbocycles. The molecule has 24 heavy (non-hydrogen) atoms. The van der Waals surface area contributed by atoms with Gasteiger partial charge in [-0.15, -0.1) is 0 Å². The third-order valence-electron chi connectivity index (χ3n) is 4.45. The van der Waals surface area contributed by atoms with E-state index in [-0.39, 0.29) is 5.75 Å². The number of aromatic nitrogens is 2. The molecule has 0 unspecified atom stereocenters. The van der Waals surface area contributed by atoms with Gasteiger partial charge >= 0.3 is 0 Å². The van der Waals surface area contributed by atoms with Crippen molar-refractivity contribution in [3.8, 4) is 17.0 Å². The van der Waals surface area contributed by atoms with Gasteiger partial charge in [0.25, 0.3) is 0 Å². The Hall–Kier alpha value is -2.11. The van der Waals surface area contributed by atoms with Gasteiger partial charge in [0.1, 0.15) is 5.75 Å². The first kappa shape index (κ1) is 15.4. The van der Waals surface area contributed by atoms with Crippen LogP contribution in [0, 0.1) is 6.92 Å². The molecule has 1 fully saturated rings. The van der Waals surface area contributed by atoms with Crippen LogP contribution in [0.4, 0.5) is 0 Å². The van der Waals surface area contributed by atoms with Gasteiger partial charge in [-0.1, -0.05) is 11.6 Å². The van der Waals surface area contributed by atoms with Crippen LogP contribution < -0.4 is 5.32 Å². The third-order valence-corrected chi connectivity index (χ3v) is 4.67. The lowest BCUT2D eigenvalue weighted by molar-refractivity contribution is 0.387. The molecule has 2 aromatic heterocycles. The molecule has 124 valence electrons. The van der Waals surface area contributed by atoms with E-state index in [2.05, 4.69) is 15.3 Å². The molecule has 0 bridgehead atoms. The number of fused-ring (bicyclic) bond motifs is 1. The van der Waals surface area contributed by atoms with Crippen LogP contribution in [0.1, 0.15) is 30.2 Å². The Morgan fingerprint density at radius 3 is 2.92 bits per heavy atom. The Kier molecular flexibility index (Phi) is 3.90.